The third kappa shape index (κ3) is 4.63. The van der Waals surface area contributed by atoms with E-state index in [9.17, 15) is 5.11 Å². The van der Waals surface area contributed by atoms with Crippen molar-refractivity contribution in [2.75, 3.05) is 34.9 Å². The Morgan fingerprint density at radius 2 is 1.67 bits per heavy atom. The van der Waals surface area contributed by atoms with Crippen LogP contribution in [0.1, 0.15) is 17.2 Å². The second-order valence-corrected chi connectivity index (χ2v) is 5.67. The van der Waals surface area contributed by atoms with Gasteiger partial charge in [-0.3, -0.25) is 4.90 Å². The Hall–Kier alpha value is -2.24. The van der Waals surface area contributed by atoms with Crippen molar-refractivity contribution in [3.63, 3.8) is 0 Å². The largest absolute Gasteiger partial charge is 0.497 e. The number of rotatable bonds is 8. The maximum absolute atomic E-state index is 10.6. The number of ether oxygens (including phenoxy) is 3. The van der Waals surface area contributed by atoms with Crippen molar-refractivity contribution in [3.8, 4) is 17.2 Å². The monoisotopic (exact) mass is 331 g/mol. The summed E-state index contributed by atoms with van der Waals surface area (Å²) in [4.78, 5) is 2.05. The topological polar surface area (TPSA) is 51.2 Å². The molecule has 0 aliphatic rings. The van der Waals surface area contributed by atoms with Crippen LogP contribution in [0.15, 0.2) is 42.5 Å². The molecule has 0 unspecified atom stereocenters. The molecule has 0 saturated carbocycles. The molecule has 2 rings (SSSR count). The van der Waals surface area contributed by atoms with E-state index in [4.69, 9.17) is 14.2 Å². The third-order valence-corrected chi connectivity index (χ3v) is 3.87. The minimum atomic E-state index is -0.675. The Bertz CT molecular complexity index is 660. The number of hydrogen-bond acceptors (Lipinski definition) is 5. The maximum Gasteiger partial charge on any atom is 0.124 e. The first-order valence-electron chi connectivity index (χ1n) is 7.78. The predicted octanol–water partition coefficient (Wildman–Crippen LogP) is 2.88. The molecule has 0 heterocycles. The fraction of sp³-hybridized carbons (Fsp3) is 0.368. The van der Waals surface area contributed by atoms with Crippen LogP contribution in [-0.4, -0.2) is 44.9 Å². The van der Waals surface area contributed by atoms with Gasteiger partial charge in [-0.15, -0.1) is 0 Å². The molecule has 2 aromatic rings. The average molecular weight is 331 g/mol. The van der Waals surface area contributed by atoms with Crippen molar-refractivity contribution in [1.29, 1.82) is 0 Å². The molecule has 5 heteroatoms. The second-order valence-electron chi connectivity index (χ2n) is 5.67. The number of methoxy groups -OCH3 is 3. The van der Waals surface area contributed by atoms with Gasteiger partial charge < -0.3 is 19.3 Å². The molecular formula is C19H25NO4. The van der Waals surface area contributed by atoms with E-state index in [0.717, 1.165) is 11.3 Å². The highest BCUT2D eigenvalue weighted by molar-refractivity contribution is 5.41. The first-order valence-corrected chi connectivity index (χ1v) is 7.78. The Kier molecular flexibility index (Phi) is 6.46. The minimum Gasteiger partial charge on any atom is -0.497 e. The van der Waals surface area contributed by atoms with Crippen molar-refractivity contribution < 1.29 is 19.3 Å². The number of aliphatic hydroxyl groups is 1. The second kappa shape index (κ2) is 8.57. The maximum atomic E-state index is 10.6. The van der Waals surface area contributed by atoms with E-state index in [-0.39, 0.29) is 0 Å². The molecule has 0 aromatic heterocycles. The lowest BCUT2D eigenvalue weighted by atomic mass is 10.1. The summed E-state index contributed by atoms with van der Waals surface area (Å²) in [6.45, 7) is 1.18. The molecule has 5 nitrogen and oxygen atoms in total. The van der Waals surface area contributed by atoms with Crippen LogP contribution in [0, 0.1) is 0 Å². The Morgan fingerprint density at radius 1 is 0.958 bits per heavy atom. The molecule has 0 amide bonds. The standard InChI is InChI=1S/C19H25NO4/c1-20(12-14-6-5-7-15(10-14)22-2)13-18(21)17-11-16(23-3)8-9-19(17)24-4/h5-11,18,21H,12-13H2,1-4H3/t18-/m0/s1. The first kappa shape index (κ1) is 18.1. The zero-order chi connectivity index (χ0) is 17.5. The van der Waals surface area contributed by atoms with Gasteiger partial charge in [-0.2, -0.15) is 0 Å². The Labute approximate surface area is 143 Å². The van der Waals surface area contributed by atoms with Crippen LogP contribution in [0.3, 0.4) is 0 Å². The summed E-state index contributed by atoms with van der Waals surface area (Å²) in [6.07, 6.45) is -0.675. The first-order chi connectivity index (χ1) is 11.6. The fourth-order valence-electron chi connectivity index (χ4n) is 2.64. The summed E-state index contributed by atoms with van der Waals surface area (Å²) in [5.41, 5.74) is 1.84. The molecule has 24 heavy (non-hydrogen) atoms. The van der Waals surface area contributed by atoms with E-state index >= 15 is 0 Å². The van der Waals surface area contributed by atoms with Gasteiger partial charge in [-0.25, -0.2) is 0 Å². The Balaban J connectivity index is 2.06. The predicted molar refractivity (Wildman–Crippen MR) is 93.8 cm³/mol. The summed E-state index contributed by atoms with van der Waals surface area (Å²) in [5, 5.41) is 10.6. The van der Waals surface area contributed by atoms with Crippen molar-refractivity contribution in [3.05, 3.63) is 53.6 Å². The number of aliphatic hydroxyl groups excluding tert-OH is 1. The fourth-order valence-corrected chi connectivity index (χ4v) is 2.64. The molecule has 0 aliphatic heterocycles. The van der Waals surface area contributed by atoms with Crippen molar-refractivity contribution >= 4 is 0 Å². The summed E-state index contributed by atoms with van der Waals surface area (Å²) < 4.78 is 15.8. The van der Waals surface area contributed by atoms with Gasteiger partial charge >= 0.3 is 0 Å². The SMILES string of the molecule is COc1cccc(CN(C)C[C@H](O)c2cc(OC)ccc2OC)c1. The van der Waals surface area contributed by atoms with Gasteiger partial charge in [-0.1, -0.05) is 12.1 Å². The zero-order valence-corrected chi connectivity index (χ0v) is 14.7. The van der Waals surface area contributed by atoms with E-state index in [1.54, 1.807) is 27.4 Å². The van der Waals surface area contributed by atoms with Crippen LogP contribution in [0.5, 0.6) is 17.2 Å². The highest BCUT2D eigenvalue weighted by atomic mass is 16.5. The molecule has 1 N–H and O–H groups in total. The molecule has 0 saturated heterocycles. The van der Waals surface area contributed by atoms with E-state index in [0.29, 0.717) is 30.2 Å². The zero-order valence-electron chi connectivity index (χ0n) is 14.7. The highest BCUT2D eigenvalue weighted by Crippen LogP contribution is 2.30. The summed E-state index contributed by atoms with van der Waals surface area (Å²) >= 11 is 0. The van der Waals surface area contributed by atoms with E-state index in [1.165, 1.54) is 0 Å². The quantitative estimate of drug-likeness (QED) is 0.806. The third-order valence-electron chi connectivity index (χ3n) is 3.87. The average Bonchev–Trinajstić information content (AvgIpc) is 2.61. The van der Waals surface area contributed by atoms with Gasteiger partial charge in [0, 0.05) is 18.7 Å². The van der Waals surface area contributed by atoms with Crippen LogP contribution >= 0.6 is 0 Å². The lowest BCUT2D eigenvalue weighted by Gasteiger charge is -2.22. The Morgan fingerprint density at radius 3 is 2.33 bits per heavy atom. The highest BCUT2D eigenvalue weighted by Gasteiger charge is 2.17. The molecule has 0 aliphatic carbocycles. The molecule has 0 radical (unpaired) electrons. The summed E-state index contributed by atoms with van der Waals surface area (Å²) in [6, 6.07) is 13.3. The van der Waals surface area contributed by atoms with Crippen molar-refractivity contribution in [2.45, 2.75) is 12.6 Å². The van der Waals surface area contributed by atoms with Gasteiger partial charge in [0.05, 0.1) is 27.4 Å². The lowest BCUT2D eigenvalue weighted by molar-refractivity contribution is 0.121. The van der Waals surface area contributed by atoms with Gasteiger partial charge in [0.1, 0.15) is 17.2 Å². The van der Waals surface area contributed by atoms with Gasteiger partial charge in [0.15, 0.2) is 0 Å². The molecule has 130 valence electrons. The summed E-state index contributed by atoms with van der Waals surface area (Å²) in [5.74, 6) is 2.18. The van der Waals surface area contributed by atoms with Gasteiger partial charge in [-0.05, 0) is 42.9 Å². The van der Waals surface area contributed by atoms with Crippen LogP contribution < -0.4 is 14.2 Å². The number of likely N-dealkylation sites (N-methyl/N-ethyl adjacent to an activating group) is 1. The normalized spacial score (nSPS) is 12.1. The van der Waals surface area contributed by atoms with Crippen molar-refractivity contribution in [1.82, 2.24) is 4.90 Å². The smallest absolute Gasteiger partial charge is 0.124 e. The molecule has 0 spiro atoms. The van der Waals surface area contributed by atoms with Crippen LogP contribution in [0.4, 0.5) is 0 Å². The van der Waals surface area contributed by atoms with Gasteiger partial charge in [0.2, 0.25) is 0 Å². The number of benzene rings is 2. The number of hydrogen-bond donors (Lipinski definition) is 1. The summed E-state index contributed by atoms with van der Waals surface area (Å²) in [7, 11) is 6.82. The van der Waals surface area contributed by atoms with Crippen molar-refractivity contribution in [2.24, 2.45) is 0 Å². The van der Waals surface area contributed by atoms with Crippen LogP contribution in [-0.2, 0) is 6.54 Å². The minimum absolute atomic E-state index is 0.473. The molecule has 2 aromatic carbocycles. The van der Waals surface area contributed by atoms with E-state index in [2.05, 4.69) is 4.90 Å². The molecule has 0 fully saturated rings. The van der Waals surface area contributed by atoms with Crippen LogP contribution in [0.2, 0.25) is 0 Å². The van der Waals surface area contributed by atoms with Gasteiger partial charge in [0.25, 0.3) is 0 Å². The lowest BCUT2D eigenvalue weighted by Crippen LogP contribution is -2.24. The molecule has 0 bridgehead atoms. The number of nitrogens with zero attached hydrogens (tertiary/aromatic N) is 1. The molecule has 1 atom stereocenters. The van der Waals surface area contributed by atoms with Crippen LogP contribution in [0.25, 0.3) is 0 Å². The van der Waals surface area contributed by atoms with E-state index in [1.807, 2.05) is 43.4 Å². The molecular weight excluding hydrogens is 306 g/mol. The van der Waals surface area contributed by atoms with E-state index < -0.39 is 6.10 Å².